The van der Waals surface area contributed by atoms with Gasteiger partial charge in [-0.15, -0.1) is 13.4 Å². The molecule has 0 saturated heterocycles. The van der Waals surface area contributed by atoms with Crippen molar-refractivity contribution >= 4 is 7.12 Å². The van der Waals surface area contributed by atoms with Gasteiger partial charge in [0, 0.05) is 5.41 Å². The zero-order chi connectivity index (χ0) is 47.5. The third-order valence-corrected chi connectivity index (χ3v) is 13.3. The molecule has 3 aromatic rings. The van der Waals surface area contributed by atoms with Gasteiger partial charge in [0.05, 0.1) is 52.4 Å². The molecule has 0 bridgehead atoms. The second kappa shape index (κ2) is 35.5. The lowest BCUT2D eigenvalue weighted by molar-refractivity contribution is -0.929. The van der Waals surface area contributed by atoms with Gasteiger partial charge in [0.15, 0.2) is 0 Å². The van der Waals surface area contributed by atoms with Crippen LogP contribution in [0.3, 0.4) is 0 Å². The molecule has 0 aliphatic carbocycles. The van der Waals surface area contributed by atoms with Crippen LogP contribution < -0.4 is 10.0 Å². The van der Waals surface area contributed by atoms with Crippen LogP contribution in [0, 0.1) is 17.5 Å². The predicted octanol–water partition coefficient (Wildman–Crippen LogP) is 14.2. The van der Waals surface area contributed by atoms with Crippen LogP contribution in [0.15, 0.2) is 72.8 Å². The van der Waals surface area contributed by atoms with E-state index in [9.17, 15) is 23.2 Å². The van der Waals surface area contributed by atoms with Crippen LogP contribution in [0.4, 0.5) is 13.2 Å². The minimum atomic E-state index is -1.86. The Hall–Kier alpha value is -2.65. The van der Waals surface area contributed by atoms with E-state index in [1.807, 2.05) is 0 Å². The molecule has 8 heteroatoms. The molecule has 0 fully saturated rings. The summed E-state index contributed by atoms with van der Waals surface area (Å²) in [6.07, 6.45) is 24.3. The molecule has 0 aliphatic heterocycles. The van der Waals surface area contributed by atoms with E-state index in [2.05, 4.69) is 55.4 Å². The Morgan fingerprint density at radius 2 is 0.656 bits per heavy atom. The van der Waals surface area contributed by atoms with Crippen molar-refractivity contribution in [1.29, 1.82) is 0 Å². The van der Waals surface area contributed by atoms with Crippen molar-refractivity contribution in [3.63, 3.8) is 0 Å². The molecular weight excluding hydrogens is 800 g/mol. The third kappa shape index (κ3) is 22.7. The Balaban J connectivity index is 0.000000519. The van der Waals surface area contributed by atoms with Gasteiger partial charge >= 0.3 is 0 Å². The summed E-state index contributed by atoms with van der Waals surface area (Å²) in [6, 6.07) is 18.2. The molecule has 4 nitrogen and oxygen atoms in total. The second-order valence-electron chi connectivity index (χ2n) is 18.8. The van der Waals surface area contributed by atoms with Gasteiger partial charge in [0.1, 0.15) is 17.5 Å². The summed E-state index contributed by atoms with van der Waals surface area (Å²) in [6.45, 7) is 30.0. The summed E-state index contributed by atoms with van der Waals surface area (Å²) >= 11 is 0. The zero-order valence-electron chi connectivity index (χ0n) is 42.4. The Bertz CT molecular complexity index is 1350. The van der Waals surface area contributed by atoms with E-state index in [0.717, 1.165) is 0 Å². The van der Waals surface area contributed by atoms with Crippen LogP contribution in [-0.4, -0.2) is 68.4 Å². The van der Waals surface area contributed by atoms with E-state index in [1.54, 1.807) is 36.4 Å². The van der Waals surface area contributed by atoms with Gasteiger partial charge in [0.25, 0.3) is 0 Å². The maximum Gasteiger partial charge on any atom is 0.123 e. The molecule has 364 valence electrons. The fraction of sp³-hybridized carbons (Fsp3) is 0.679. The highest BCUT2D eigenvalue weighted by molar-refractivity contribution is 6.36. The van der Waals surface area contributed by atoms with E-state index >= 15 is 0 Å². The number of halogens is 3. The van der Waals surface area contributed by atoms with Crippen molar-refractivity contribution in [3.8, 4) is 0 Å². The first kappa shape index (κ1) is 59.4. The average molecular weight is 895 g/mol. The van der Waals surface area contributed by atoms with Crippen LogP contribution in [0.5, 0.6) is 0 Å². The molecule has 0 radical (unpaired) electrons. The molecule has 64 heavy (non-hydrogen) atoms. The predicted molar refractivity (Wildman–Crippen MR) is 267 cm³/mol. The largest absolute Gasteiger partial charge is 0.893 e. The normalized spacial score (nSPS) is 11.8. The van der Waals surface area contributed by atoms with Gasteiger partial charge in [-0.05, 0) is 111 Å². The lowest BCUT2D eigenvalue weighted by Gasteiger charge is -2.39. The Labute approximate surface area is 392 Å². The first-order valence-corrected chi connectivity index (χ1v) is 26.2. The molecular formula is C56H94BF3N2O2. The summed E-state index contributed by atoms with van der Waals surface area (Å²) in [4.78, 5) is 0. The number of hydrogen-bond acceptors (Lipinski definition) is 2. The molecule has 0 unspecified atom stereocenters. The van der Waals surface area contributed by atoms with Gasteiger partial charge in [-0.1, -0.05) is 162 Å². The summed E-state index contributed by atoms with van der Waals surface area (Å²) in [5.41, 5.74) is 0.776. The minimum Gasteiger partial charge on any atom is -0.893 e. The summed E-state index contributed by atoms with van der Waals surface area (Å²) in [5.74, 6) is -1.32. The first-order valence-electron chi connectivity index (χ1n) is 26.2. The van der Waals surface area contributed by atoms with Gasteiger partial charge in [-0.25, -0.2) is 13.2 Å². The maximum absolute atomic E-state index is 14.2. The van der Waals surface area contributed by atoms with E-state index in [1.165, 1.54) is 200 Å². The number of nitrogens with zero attached hydrogens (tertiary/aromatic N) is 2. The molecule has 3 aromatic carbocycles. The second-order valence-corrected chi connectivity index (χ2v) is 18.8. The molecule has 0 amide bonds. The van der Waals surface area contributed by atoms with Crippen LogP contribution in [0.25, 0.3) is 0 Å². The lowest BCUT2D eigenvalue weighted by Crippen LogP contribution is -2.50. The van der Waals surface area contributed by atoms with Crippen LogP contribution in [0.2, 0.25) is 6.32 Å². The lowest BCUT2D eigenvalue weighted by atomic mass is 9.66. The number of hydrogen-bond donors (Lipinski definition) is 0. The highest BCUT2D eigenvalue weighted by Crippen LogP contribution is 2.44. The van der Waals surface area contributed by atoms with Crippen molar-refractivity contribution < 1.29 is 32.2 Å². The fourth-order valence-corrected chi connectivity index (χ4v) is 9.36. The van der Waals surface area contributed by atoms with Crippen molar-refractivity contribution in [2.75, 3.05) is 52.4 Å². The van der Waals surface area contributed by atoms with E-state index < -0.39 is 30.0 Å². The maximum atomic E-state index is 14.2. The molecule has 0 spiro atoms. The number of quaternary nitrogens is 2. The number of benzene rings is 3. The Morgan fingerprint density at radius 3 is 0.875 bits per heavy atom. The zero-order valence-corrected chi connectivity index (χ0v) is 42.4. The summed E-state index contributed by atoms with van der Waals surface area (Å²) in [5, 5.41) is 21.6. The highest BCUT2D eigenvalue weighted by atomic mass is 19.1. The van der Waals surface area contributed by atoms with Crippen molar-refractivity contribution in [2.45, 2.75) is 196 Å². The molecule has 0 aromatic heterocycles. The average Bonchev–Trinajstić information content (AvgIpc) is 3.29. The van der Waals surface area contributed by atoms with Crippen molar-refractivity contribution in [2.24, 2.45) is 0 Å². The smallest absolute Gasteiger partial charge is 0.123 e. The quantitative estimate of drug-likeness (QED) is 0.0265. The van der Waals surface area contributed by atoms with Crippen LogP contribution in [-0.2, 0) is 5.41 Å². The van der Waals surface area contributed by atoms with E-state index in [0.29, 0.717) is 42.4 Å². The van der Waals surface area contributed by atoms with Crippen LogP contribution in [0.1, 0.15) is 200 Å². The van der Waals surface area contributed by atoms with Gasteiger partial charge in [-0.2, -0.15) is 0 Å². The number of unbranched alkanes of at least 4 members (excludes halogenated alkanes) is 10. The minimum absolute atomic E-state index is 0.0346. The number of rotatable bonds is 33. The highest BCUT2D eigenvalue weighted by Gasteiger charge is 2.37. The third-order valence-electron chi connectivity index (χ3n) is 13.3. The molecule has 3 rings (SSSR count). The van der Waals surface area contributed by atoms with Crippen LogP contribution >= 0.6 is 0 Å². The molecule has 0 heterocycles. The molecule has 0 aliphatic rings. The van der Waals surface area contributed by atoms with Gasteiger partial charge in [0.2, 0.25) is 0 Å². The molecule has 0 N–H and O–H groups in total. The SMILES string of the molecule is CCCC[N+](CCCC)(CCCC)CCCC.CCCC[N+](CCCC)(CCCC)CCCC.[O-]B([O-])CCCCCC(c1cccc(F)c1)(c1cccc(F)c1)c1cccc(F)c1. The molecule has 0 saturated carbocycles. The monoisotopic (exact) mass is 895 g/mol. The van der Waals surface area contributed by atoms with Crippen molar-refractivity contribution in [3.05, 3.63) is 107 Å². The molecule has 0 atom stereocenters. The first-order chi connectivity index (χ1) is 30.9. The van der Waals surface area contributed by atoms with E-state index in [4.69, 9.17) is 0 Å². The van der Waals surface area contributed by atoms with Gasteiger partial charge in [-0.3, -0.25) is 0 Å². The fourth-order valence-electron chi connectivity index (χ4n) is 9.36. The Morgan fingerprint density at radius 1 is 0.391 bits per heavy atom. The van der Waals surface area contributed by atoms with Gasteiger partial charge < -0.3 is 19.0 Å². The van der Waals surface area contributed by atoms with Crippen molar-refractivity contribution in [1.82, 2.24) is 0 Å². The topological polar surface area (TPSA) is 46.1 Å². The Kier molecular flexibility index (Phi) is 33.0. The summed E-state index contributed by atoms with van der Waals surface area (Å²) < 4.78 is 45.4. The standard InChI is InChI=1S/C24H22BF3O2.2C16H36N/c26-21-10-4-7-18(15-21)24(13-2-1-3-14-25(29)30,19-8-5-11-22(27)16-19)20-9-6-12-23(28)17-20;2*1-5-9-13-17(14-10-6-2,15-11-7-3)16-12-8-4/h4-12,15-17H,1-3,13-14H2;2*5-16H2,1-4H3/q-2;2*+1. The summed E-state index contributed by atoms with van der Waals surface area (Å²) in [7, 11) is -1.86. The van der Waals surface area contributed by atoms with E-state index in [-0.39, 0.29) is 6.32 Å².